The van der Waals surface area contributed by atoms with Crippen molar-refractivity contribution >= 4 is 6.21 Å². The fraction of sp³-hybridized carbons (Fsp3) is 0.136. The van der Waals surface area contributed by atoms with Crippen molar-refractivity contribution in [3.8, 4) is 22.7 Å². The molecule has 2 aromatic carbocycles. The van der Waals surface area contributed by atoms with Crippen molar-refractivity contribution in [2.75, 3.05) is 13.7 Å². The number of aliphatic imine (C=N–C) groups is 1. The second kappa shape index (κ2) is 8.43. The summed E-state index contributed by atoms with van der Waals surface area (Å²) in [6, 6.07) is 17.0. The van der Waals surface area contributed by atoms with Gasteiger partial charge in [0.15, 0.2) is 0 Å². The normalized spacial score (nSPS) is 11.2. The van der Waals surface area contributed by atoms with E-state index in [1.165, 1.54) is 4.68 Å². The first-order chi connectivity index (χ1) is 14.3. The van der Waals surface area contributed by atoms with Crippen LogP contribution in [-0.2, 0) is 6.42 Å². The van der Waals surface area contributed by atoms with Crippen LogP contribution < -0.4 is 10.3 Å². The van der Waals surface area contributed by atoms with Crippen LogP contribution in [0.5, 0.6) is 5.75 Å². The van der Waals surface area contributed by atoms with Gasteiger partial charge < -0.3 is 9.72 Å². The number of imidazole rings is 1. The van der Waals surface area contributed by atoms with Gasteiger partial charge in [0.2, 0.25) is 0 Å². The Hall–Kier alpha value is -3.87. The number of hydrogen-bond acceptors (Lipinski definition) is 4. The molecule has 0 unspecified atom stereocenters. The molecule has 0 aliphatic heterocycles. The second-order valence-corrected chi connectivity index (χ2v) is 6.47. The molecule has 0 atom stereocenters. The van der Waals surface area contributed by atoms with Crippen molar-refractivity contribution < 1.29 is 4.74 Å². The largest absolute Gasteiger partial charge is 0.497 e. The highest BCUT2D eigenvalue weighted by atomic mass is 16.5. The number of H-pyrrole nitrogens is 2. The van der Waals surface area contributed by atoms with Crippen molar-refractivity contribution in [3.63, 3.8) is 0 Å². The lowest BCUT2D eigenvalue weighted by molar-refractivity contribution is 0.415. The Balaban J connectivity index is 1.70. The topological polar surface area (TPSA) is 88.1 Å². The third kappa shape index (κ3) is 4.03. The van der Waals surface area contributed by atoms with Gasteiger partial charge in [0, 0.05) is 36.6 Å². The molecule has 0 fully saturated rings. The molecule has 0 aliphatic carbocycles. The van der Waals surface area contributed by atoms with E-state index in [2.05, 4.69) is 20.1 Å². The molecule has 4 rings (SSSR count). The molecule has 0 saturated carbocycles. The number of nitrogens with one attached hydrogen (secondary N) is 2. The summed E-state index contributed by atoms with van der Waals surface area (Å²) in [5, 5.41) is 3.23. The van der Waals surface area contributed by atoms with Gasteiger partial charge in [-0.1, -0.05) is 18.2 Å². The SMILES string of the molecule is COc1ccc(-c2[nH]n(-c3ccccc3)c(=O)c2C=NCCc2cnc[nH]2)cc1. The van der Waals surface area contributed by atoms with Gasteiger partial charge >= 0.3 is 0 Å². The molecule has 2 N–H and O–H groups in total. The number of aromatic nitrogens is 4. The van der Waals surface area contributed by atoms with Crippen LogP contribution in [0.3, 0.4) is 0 Å². The van der Waals surface area contributed by atoms with Crippen LogP contribution >= 0.6 is 0 Å². The molecule has 7 nitrogen and oxygen atoms in total. The summed E-state index contributed by atoms with van der Waals surface area (Å²) in [5.74, 6) is 0.758. The van der Waals surface area contributed by atoms with Gasteiger partial charge in [0.1, 0.15) is 5.75 Å². The van der Waals surface area contributed by atoms with E-state index in [1.54, 1.807) is 25.8 Å². The highest BCUT2D eigenvalue weighted by Gasteiger charge is 2.15. The van der Waals surface area contributed by atoms with Gasteiger partial charge in [0.25, 0.3) is 5.56 Å². The van der Waals surface area contributed by atoms with Gasteiger partial charge in [-0.15, -0.1) is 0 Å². The number of aromatic amines is 2. The average Bonchev–Trinajstić information content (AvgIpc) is 3.40. The zero-order valence-electron chi connectivity index (χ0n) is 16.0. The first-order valence-corrected chi connectivity index (χ1v) is 9.28. The molecule has 0 aliphatic rings. The zero-order valence-corrected chi connectivity index (χ0v) is 16.0. The van der Waals surface area contributed by atoms with Crippen molar-refractivity contribution in [2.24, 2.45) is 4.99 Å². The maximum Gasteiger partial charge on any atom is 0.280 e. The summed E-state index contributed by atoms with van der Waals surface area (Å²) in [5.41, 5.74) is 3.74. The van der Waals surface area contributed by atoms with Crippen LogP contribution in [0.25, 0.3) is 16.9 Å². The van der Waals surface area contributed by atoms with Gasteiger partial charge in [-0.2, -0.15) is 0 Å². The molecule has 0 amide bonds. The lowest BCUT2D eigenvalue weighted by Crippen LogP contribution is -2.17. The van der Waals surface area contributed by atoms with E-state index < -0.39 is 0 Å². The predicted molar refractivity (Wildman–Crippen MR) is 113 cm³/mol. The number of ether oxygens (including phenoxy) is 1. The molecule has 2 heterocycles. The minimum Gasteiger partial charge on any atom is -0.497 e. The van der Waals surface area contributed by atoms with E-state index >= 15 is 0 Å². The van der Waals surface area contributed by atoms with Crippen LogP contribution in [0.4, 0.5) is 0 Å². The summed E-state index contributed by atoms with van der Waals surface area (Å²) in [7, 11) is 1.63. The summed E-state index contributed by atoms with van der Waals surface area (Å²) >= 11 is 0. The van der Waals surface area contributed by atoms with Gasteiger partial charge in [-0.25, -0.2) is 9.67 Å². The van der Waals surface area contributed by atoms with Crippen molar-refractivity contribution in [3.05, 3.63) is 88.7 Å². The molecule has 4 aromatic rings. The molecule has 0 bridgehead atoms. The van der Waals surface area contributed by atoms with Crippen LogP contribution in [0.15, 0.2) is 76.9 Å². The Labute approximate surface area is 167 Å². The number of methoxy groups -OCH3 is 1. The number of para-hydroxylation sites is 1. The molecular formula is C22H21N5O2. The molecule has 0 saturated heterocycles. The van der Waals surface area contributed by atoms with Crippen LogP contribution in [0, 0.1) is 0 Å². The van der Waals surface area contributed by atoms with Crippen LogP contribution in [0.1, 0.15) is 11.3 Å². The van der Waals surface area contributed by atoms with E-state index in [0.717, 1.165) is 29.1 Å². The zero-order chi connectivity index (χ0) is 20.1. The van der Waals surface area contributed by atoms with Gasteiger partial charge in [0.05, 0.1) is 30.4 Å². The van der Waals surface area contributed by atoms with Gasteiger partial charge in [-0.05, 0) is 36.4 Å². The van der Waals surface area contributed by atoms with E-state index in [4.69, 9.17) is 4.74 Å². The molecule has 0 spiro atoms. The van der Waals surface area contributed by atoms with Crippen molar-refractivity contribution in [2.45, 2.75) is 6.42 Å². The maximum atomic E-state index is 13.1. The molecule has 7 heteroatoms. The van der Waals surface area contributed by atoms with E-state index in [9.17, 15) is 4.79 Å². The first-order valence-electron chi connectivity index (χ1n) is 9.28. The number of nitrogens with zero attached hydrogens (tertiary/aromatic N) is 3. The number of benzene rings is 2. The number of rotatable bonds is 7. The quantitative estimate of drug-likeness (QED) is 0.477. The third-order valence-corrected chi connectivity index (χ3v) is 4.61. The fourth-order valence-corrected chi connectivity index (χ4v) is 3.07. The summed E-state index contributed by atoms with van der Waals surface area (Å²) < 4.78 is 6.77. The fourth-order valence-electron chi connectivity index (χ4n) is 3.07. The van der Waals surface area contributed by atoms with E-state index in [-0.39, 0.29) is 5.56 Å². The highest BCUT2D eigenvalue weighted by molar-refractivity contribution is 5.88. The molecular weight excluding hydrogens is 366 g/mol. The molecule has 146 valence electrons. The van der Waals surface area contributed by atoms with Crippen molar-refractivity contribution in [1.29, 1.82) is 0 Å². The lowest BCUT2D eigenvalue weighted by atomic mass is 10.1. The highest BCUT2D eigenvalue weighted by Crippen LogP contribution is 2.23. The first kappa shape index (κ1) is 18.5. The lowest BCUT2D eigenvalue weighted by Gasteiger charge is -2.03. The minimum atomic E-state index is -0.146. The van der Waals surface area contributed by atoms with Gasteiger partial charge in [-0.3, -0.25) is 14.9 Å². The average molecular weight is 387 g/mol. The Morgan fingerprint density at radius 1 is 1.14 bits per heavy atom. The molecule has 2 aromatic heterocycles. The Kier molecular flexibility index (Phi) is 5.38. The van der Waals surface area contributed by atoms with E-state index in [0.29, 0.717) is 17.8 Å². The predicted octanol–water partition coefficient (Wildman–Crippen LogP) is 3.23. The third-order valence-electron chi connectivity index (χ3n) is 4.61. The Morgan fingerprint density at radius 3 is 2.62 bits per heavy atom. The molecule has 29 heavy (non-hydrogen) atoms. The summed E-state index contributed by atoms with van der Waals surface area (Å²) in [6.07, 6.45) is 5.79. The number of hydrogen-bond donors (Lipinski definition) is 2. The van der Waals surface area contributed by atoms with Crippen LogP contribution in [0.2, 0.25) is 0 Å². The Morgan fingerprint density at radius 2 is 1.93 bits per heavy atom. The summed E-state index contributed by atoms with van der Waals surface area (Å²) in [4.78, 5) is 24.6. The monoisotopic (exact) mass is 387 g/mol. The summed E-state index contributed by atoms with van der Waals surface area (Å²) in [6.45, 7) is 0.556. The maximum absolute atomic E-state index is 13.1. The smallest absolute Gasteiger partial charge is 0.280 e. The second-order valence-electron chi connectivity index (χ2n) is 6.47. The van der Waals surface area contributed by atoms with Crippen molar-refractivity contribution in [1.82, 2.24) is 19.7 Å². The molecule has 0 radical (unpaired) electrons. The van der Waals surface area contributed by atoms with E-state index in [1.807, 2.05) is 54.6 Å². The Bertz CT molecular complexity index is 1140. The van der Waals surface area contributed by atoms with Crippen LogP contribution in [-0.4, -0.2) is 39.6 Å². The standard InChI is InChI=1S/C22H21N5O2/c1-29-19-9-7-16(8-10-19)21-20(14-23-12-11-17-13-24-15-25-17)22(28)27(26-21)18-5-3-2-4-6-18/h2-10,13-15,26H,11-12H2,1H3,(H,24,25). The minimum absolute atomic E-state index is 0.146.